The lowest BCUT2D eigenvalue weighted by Gasteiger charge is -2.15. The van der Waals surface area contributed by atoms with Crippen molar-refractivity contribution in [3.8, 4) is 0 Å². The van der Waals surface area contributed by atoms with Gasteiger partial charge in [0.15, 0.2) is 0 Å². The average molecular weight is 339 g/mol. The number of hydrogen-bond acceptors (Lipinski definition) is 3. The molecule has 0 saturated carbocycles. The molecule has 104 valence electrons. The van der Waals surface area contributed by atoms with Crippen molar-refractivity contribution in [3.05, 3.63) is 66.9 Å². The molecule has 7 heteroatoms. The lowest BCUT2D eigenvalue weighted by atomic mass is 10.1. The number of nitrogens with zero attached hydrogens (tertiary/aromatic N) is 1. The molecule has 0 amide bonds. The van der Waals surface area contributed by atoms with Crippen LogP contribution in [0.2, 0.25) is 0 Å². The third-order valence-corrected chi connectivity index (χ3v) is 3.44. The van der Waals surface area contributed by atoms with Crippen molar-refractivity contribution < 1.29 is 9.90 Å². The Kier molecular flexibility index (Phi) is 3.89. The summed E-state index contributed by atoms with van der Waals surface area (Å²) in [4.78, 5) is 36.2. The first kappa shape index (κ1) is 14.3. The van der Waals surface area contributed by atoms with Gasteiger partial charge in [-0.25, -0.2) is 9.59 Å². The Bertz CT molecular complexity index is 778. The van der Waals surface area contributed by atoms with Gasteiger partial charge < -0.3 is 5.11 Å². The number of carboxylic acids is 1. The second-order valence-electron chi connectivity index (χ2n) is 4.25. The zero-order valence-corrected chi connectivity index (χ0v) is 12.0. The SMILES string of the molecule is CC(c1cccc(Br)c1)n1cc(C(=O)O)c(=O)[nH]c1=O. The van der Waals surface area contributed by atoms with Crippen LogP contribution in [0, 0.1) is 0 Å². The number of nitrogens with one attached hydrogen (secondary N) is 1. The molecule has 1 unspecified atom stereocenters. The average Bonchev–Trinajstić information content (AvgIpc) is 2.37. The van der Waals surface area contributed by atoms with E-state index < -0.39 is 28.8 Å². The number of hydrogen-bond donors (Lipinski definition) is 2. The van der Waals surface area contributed by atoms with E-state index in [1.54, 1.807) is 6.92 Å². The highest BCUT2D eigenvalue weighted by molar-refractivity contribution is 9.10. The van der Waals surface area contributed by atoms with E-state index in [0.29, 0.717) is 0 Å². The van der Waals surface area contributed by atoms with Gasteiger partial charge in [-0.1, -0.05) is 28.1 Å². The Morgan fingerprint density at radius 1 is 1.40 bits per heavy atom. The molecule has 1 aromatic heterocycles. The molecule has 6 nitrogen and oxygen atoms in total. The molecule has 0 fully saturated rings. The van der Waals surface area contributed by atoms with Gasteiger partial charge in [-0.15, -0.1) is 0 Å². The molecule has 1 aromatic carbocycles. The Morgan fingerprint density at radius 3 is 2.70 bits per heavy atom. The summed E-state index contributed by atoms with van der Waals surface area (Å²) in [6.07, 6.45) is 1.06. The van der Waals surface area contributed by atoms with E-state index in [0.717, 1.165) is 16.2 Å². The maximum Gasteiger partial charge on any atom is 0.342 e. The standard InChI is InChI=1S/C13H11BrN2O4/c1-7(8-3-2-4-9(14)5-8)16-6-10(12(18)19)11(17)15-13(16)20/h2-7H,1H3,(H,18,19)(H,15,17,20). The fourth-order valence-electron chi connectivity index (χ4n) is 1.85. The van der Waals surface area contributed by atoms with E-state index in [2.05, 4.69) is 15.9 Å². The summed E-state index contributed by atoms with van der Waals surface area (Å²) < 4.78 is 2.03. The fourth-order valence-corrected chi connectivity index (χ4v) is 2.27. The maximum atomic E-state index is 11.8. The van der Waals surface area contributed by atoms with Crippen molar-refractivity contribution in [3.63, 3.8) is 0 Å². The quantitative estimate of drug-likeness (QED) is 0.889. The van der Waals surface area contributed by atoms with Gasteiger partial charge >= 0.3 is 11.7 Å². The van der Waals surface area contributed by atoms with E-state index in [9.17, 15) is 14.4 Å². The number of benzene rings is 1. The van der Waals surface area contributed by atoms with Crippen molar-refractivity contribution in [1.82, 2.24) is 9.55 Å². The highest BCUT2D eigenvalue weighted by atomic mass is 79.9. The van der Waals surface area contributed by atoms with E-state index in [-0.39, 0.29) is 0 Å². The molecular weight excluding hydrogens is 328 g/mol. The summed E-state index contributed by atoms with van der Waals surface area (Å²) >= 11 is 3.33. The minimum Gasteiger partial charge on any atom is -0.477 e. The largest absolute Gasteiger partial charge is 0.477 e. The molecule has 0 spiro atoms. The van der Waals surface area contributed by atoms with Gasteiger partial charge in [0.2, 0.25) is 0 Å². The van der Waals surface area contributed by atoms with Crippen molar-refractivity contribution in [2.75, 3.05) is 0 Å². The van der Waals surface area contributed by atoms with Crippen LogP contribution in [0.4, 0.5) is 0 Å². The van der Waals surface area contributed by atoms with Crippen LogP contribution < -0.4 is 11.2 Å². The van der Waals surface area contributed by atoms with E-state index in [1.807, 2.05) is 29.2 Å². The monoisotopic (exact) mass is 338 g/mol. The van der Waals surface area contributed by atoms with Crippen molar-refractivity contribution in [1.29, 1.82) is 0 Å². The van der Waals surface area contributed by atoms with Gasteiger partial charge in [0, 0.05) is 10.7 Å². The summed E-state index contributed by atoms with van der Waals surface area (Å²) in [6, 6.07) is 6.88. The second kappa shape index (κ2) is 5.46. The van der Waals surface area contributed by atoms with Crippen LogP contribution in [0.5, 0.6) is 0 Å². The molecule has 0 aliphatic heterocycles. The normalized spacial score (nSPS) is 12.1. The molecule has 20 heavy (non-hydrogen) atoms. The molecule has 0 radical (unpaired) electrons. The van der Waals surface area contributed by atoms with Crippen LogP contribution in [0.15, 0.2) is 44.5 Å². The summed E-state index contributed by atoms with van der Waals surface area (Å²) in [6.45, 7) is 1.74. The number of carboxylic acid groups (broad SMARTS) is 1. The predicted octanol–water partition coefficient (Wildman–Crippen LogP) is 1.61. The first-order valence-corrected chi connectivity index (χ1v) is 6.53. The molecule has 0 bridgehead atoms. The van der Waals surface area contributed by atoms with Crippen molar-refractivity contribution in [2.24, 2.45) is 0 Å². The molecule has 1 heterocycles. The highest BCUT2D eigenvalue weighted by Crippen LogP contribution is 2.20. The number of aromatic amines is 1. The van der Waals surface area contributed by atoms with Crippen LogP contribution in [-0.2, 0) is 0 Å². The summed E-state index contributed by atoms with van der Waals surface area (Å²) in [7, 11) is 0. The minimum absolute atomic E-state index is 0.407. The zero-order chi connectivity index (χ0) is 14.9. The number of rotatable bonds is 3. The lowest BCUT2D eigenvalue weighted by Crippen LogP contribution is -2.35. The zero-order valence-electron chi connectivity index (χ0n) is 10.5. The fraction of sp³-hybridized carbons (Fsp3) is 0.154. The Hall–Kier alpha value is -2.15. The van der Waals surface area contributed by atoms with Gasteiger partial charge in [0.05, 0.1) is 6.04 Å². The number of aromatic carboxylic acids is 1. The van der Waals surface area contributed by atoms with Gasteiger partial charge in [-0.2, -0.15) is 0 Å². The molecule has 0 saturated heterocycles. The first-order chi connectivity index (χ1) is 9.40. The number of H-pyrrole nitrogens is 1. The molecule has 0 aliphatic carbocycles. The number of halogens is 1. The molecule has 0 aliphatic rings. The van der Waals surface area contributed by atoms with Crippen LogP contribution >= 0.6 is 15.9 Å². The smallest absolute Gasteiger partial charge is 0.342 e. The topological polar surface area (TPSA) is 92.2 Å². The third kappa shape index (κ3) is 2.72. The third-order valence-electron chi connectivity index (χ3n) is 2.95. The highest BCUT2D eigenvalue weighted by Gasteiger charge is 2.16. The van der Waals surface area contributed by atoms with Gasteiger partial charge in [0.1, 0.15) is 5.56 Å². The van der Waals surface area contributed by atoms with Crippen LogP contribution in [0.1, 0.15) is 28.9 Å². The molecule has 2 rings (SSSR count). The van der Waals surface area contributed by atoms with Crippen molar-refractivity contribution >= 4 is 21.9 Å². The minimum atomic E-state index is -1.37. The number of aromatic nitrogens is 2. The van der Waals surface area contributed by atoms with Crippen LogP contribution in [0.25, 0.3) is 0 Å². The summed E-state index contributed by atoms with van der Waals surface area (Å²) in [5.74, 6) is -1.37. The first-order valence-electron chi connectivity index (χ1n) is 5.74. The van der Waals surface area contributed by atoms with Gasteiger partial charge in [-0.05, 0) is 24.6 Å². The van der Waals surface area contributed by atoms with Crippen molar-refractivity contribution in [2.45, 2.75) is 13.0 Å². The summed E-state index contributed by atoms with van der Waals surface area (Å²) in [5, 5.41) is 8.93. The second-order valence-corrected chi connectivity index (χ2v) is 5.16. The Labute approximate surface area is 121 Å². The van der Waals surface area contributed by atoms with Gasteiger partial charge in [-0.3, -0.25) is 14.3 Å². The van der Waals surface area contributed by atoms with Crippen LogP contribution in [-0.4, -0.2) is 20.6 Å². The predicted molar refractivity (Wildman–Crippen MR) is 76.2 cm³/mol. The van der Waals surface area contributed by atoms with E-state index in [4.69, 9.17) is 5.11 Å². The molecule has 2 N–H and O–H groups in total. The van der Waals surface area contributed by atoms with Gasteiger partial charge in [0.25, 0.3) is 5.56 Å². The molecular formula is C13H11BrN2O4. The van der Waals surface area contributed by atoms with Crippen LogP contribution in [0.3, 0.4) is 0 Å². The van der Waals surface area contributed by atoms with E-state index >= 15 is 0 Å². The lowest BCUT2D eigenvalue weighted by molar-refractivity contribution is 0.0693. The summed E-state index contributed by atoms with van der Waals surface area (Å²) in [5.41, 5.74) is -1.20. The molecule has 1 atom stereocenters. The Balaban J connectivity index is 2.58. The van der Waals surface area contributed by atoms with E-state index in [1.165, 1.54) is 4.57 Å². The number of carbonyl (C=O) groups is 1. The molecule has 2 aromatic rings. The maximum absolute atomic E-state index is 11.8. The Morgan fingerprint density at radius 2 is 2.10 bits per heavy atom.